The lowest BCUT2D eigenvalue weighted by Crippen LogP contribution is -2.13. The van der Waals surface area contributed by atoms with Gasteiger partial charge in [-0.2, -0.15) is 0 Å². The number of hydrogen-bond acceptors (Lipinski definition) is 2. The average molecular weight is 240 g/mol. The van der Waals surface area contributed by atoms with Crippen molar-refractivity contribution in [2.75, 3.05) is 11.9 Å². The van der Waals surface area contributed by atoms with Crippen LogP contribution in [0.5, 0.6) is 0 Å². The largest absolute Gasteiger partial charge is 0.450 e. The van der Waals surface area contributed by atoms with Gasteiger partial charge in [0.25, 0.3) is 0 Å². The average Bonchev–Trinajstić information content (AvgIpc) is 2.21. The van der Waals surface area contributed by atoms with Crippen molar-refractivity contribution in [2.45, 2.75) is 13.8 Å². The van der Waals surface area contributed by atoms with Crippen LogP contribution in [0.4, 0.5) is 10.5 Å². The third kappa shape index (κ3) is 3.28. The molecule has 86 valence electrons. The van der Waals surface area contributed by atoms with Gasteiger partial charge in [0, 0.05) is 10.7 Å². The number of allylic oxidation sites excluding steroid dienone is 1. The Hall–Kier alpha value is -1.48. The number of hydrogen-bond donors (Lipinski definition) is 1. The van der Waals surface area contributed by atoms with Gasteiger partial charge < -0.3 is 4.74 Å². The third-order valence-electron chi connectivity index (χ3n) is 1.95. The maximum Gasteiger partial charge on any atom is 0.411 e. The number of halogens is 1. The zero-order valence-corrected chi connectivity index (χ0v) is 10.1. The van der Waals surface area contributed by atoms with Gasteiger partial charge in [0.05, 0.1) is 6.61 Å². The smallest absolute Gasteiger partial charge is 0.411 e. The molecule has 0 heterocycles. The Kier molecular flexibility index (Phi) is 4.38. The van der Waals surface area contributed by atoms with Crippen LogP contribution in [-0.2, 0) is 4.74 Å². The number of benzene rings is 1. The molecule has 1 amide bonds. The second-order valence-electron chi connectivity index (χ2n) is 3.32. The van der Waals surface area contributed by atoms with E-state index in [2.05, 4.69) is 11.9 Å². The highest BCUT2D eigenvalue weighted by Gasteiger charge is 2.05. The number of carbonyl (C=O) groups excluding carboxylic acids is 1. The summed E-state index contributed by atoms with van der Waals surface area (Å²) in [6.45, 7) is 7.76. The number of carbonyl (C=O) groups is 1. The van der Waals surface area contributed by atoms with E-state index in [4.69, 9.17) is 16.3 Å². The van der Waals surface area contributed by atoms with Gasteiger partial charge in [-0.3, -0.25) is 5.32 Å². The standard InChI is InChI=1S/C12H14ClNO2/c1-4-16-12(15)14-9-5-6-11(13)10(7-9)8(2)3/h5-7H,2,4H2,1,3H3,(H,14,15). The first-order valence-electron chi connectivity index (χ1n) is 4.93. The summed E-state index contributed by atoms with van der Waals surface area (Å²) in [7, 11) is 0. The highest BCUT2D eigenvalue weighted by Crippen LogP contribution is 2.25. The predicted molar refractivity (Wildman–Crippen MR) is 66.8 cm³/mol. The van der Waals surface area contributed by atoms with Crippen LogP contribution in [0.1, 0.15) is 19.4 Å². The summed E-state index contributed by atoms with van der Waals surface area (Å²) < 4.78 is 4.77. The highest BCUT2D eigenvalue weighted by atomic mass is 35.5. The molecule has 0 unspecified atom stereocenters. The Morgan fingerprint density at radius 3 is 2.81 bits per heavy atom. The van der Waals surface area contributed by atoms with E-state index in [0.29, 0.717) is 17.3 Å². The lowest BCUT2D eigenvalue weighted by Gasteiger charge is -2.08. The Morgan fingerprint density at radius 1 is 1.56 bits per heavy atom. The second-order valence-corrected chi connectivity index (χ2v) is 3.73. The van der Waals surface area contributed by atoms with Crippen molar-refractivity contribution in [3.63, 3.8) is 0 Å². The Balaban J connectivity index is 2.87. The van der Waals surface area contributed by atoms with E-state index < -0.39 is 6.09 Å². The molecule has 0 radical (unpaired) electrons. The van der Waals surface area contributed by atoms with E-state index in [1.807, 2.05) is 6.92 Å². The molecule has 0 aliphatic heterocycles. The number of amides is 1. The van der Waals surface area contributed by atoms with Crippen LogP contribution in [0.25, 0.3) is 5.57 Å². The van der Waals surface area contributed by atoms with E-state index in [0.717, 1.165) is 11.1 Å². The Labute approximate surface area is 100 Å². The molecule has 1 aromatic carbocycles. The molecule has 0 saturated carbocycles. The molecule has 0 atom stereocenters. The van der Waals surface area contributed by atoms with E-state index in [1.165, 1.54) is 0 Å². The SMILES string of the molecule is C=C(C)c1cc(NC(=O)OCC)ccc1Cl. The lowest BCUT2D eigenvalue weighted by atomic mass is 10.1. The van der Waals surface area contributed by atoms with Crippen LogP contribution >= 0.6 is 11.6 Å². The molecule has 1 N–H and O–H groups in total. The van der Waals surface area contributed by atoms with Crippen LogP contribution in [0, 0.1) is 0 Å². The van der Waals surface area contributed by atoms with Crippen LogP contribution in [0.3, 0.4) is 0 Å². The van der Waals surface area contributed by atoms with E-state index >= 15 is 0 Å². The molecular formula is C12H14ClNO2. The van der Waals surface area contributed by atoms with Gasteiger partial charge in [-0.25, -0.2) is 4.79 Å². The molecule has 0 aliphatic carbocycles. The molecule has 0 aromatic heterocycles. The maximum absolute atomic E-state index is 11.2. The van der Waals surface area contributed by atoms with Crippen molar-refractivity contribution in [3.8, 4) is 0 Å². The van der Waals surface area contributed by atoms with E-state index in [-0.39, 0.29) is 0 Å². The fourth-order valence-corrected chi connectivity index (χ4v) is 1.49. The minimum atomic E-state index is -0.475. The first kappa shape index (κ1) is 12.6. The zero-order valence-electron chi connectivity index (χ0n) is 9.34. The first-order chi connectivity index (χ1) is 7.54. The number of ether oxygens (including phenoxy) is 1. The van der Waals surface area contributed by atoms with E-state index in [1.54, 1.807) is 25.1 Å². The van der Waals surface area contributed by atoms with Crippen LogP contribution < -0.4 is 5.32 Å². The fourth-order valence-electron chi connectivity index (χ4n) is 1.22. The molecule has 4 heteroatoms. The van der Waals surface area contributed by atoms with Crippen LogP contribution in [0.15, 0.2) is 24.8 Å². The molecule has 16 heavy (non-hydrogen) atoms. The number of rotatable bonds is 3. The summed E-state index contributed by atoms with van der Waals surface area (Å²) in [6.07, 6.45) is -0.475. The van der Waals surface area contributed by atoms with Crippen molar-refractivity contribution < 1.29 is 9.53 Å². The van der Waals surface area contributed by atoms with Crippen molar-refractivity contribution in [1.29, 1.82) is 0 Å². The third-order valence-corrected chi connectivity index (χ3v) is 2.28. The van der Waals surface area contributed by atoms with E-state index in [9.17, 15) is 4.79 Å². The van der Waals surface area contributed by atoms with Gasteiger partial charge in [0.15, 0.2) is 0 Å². The molecule has 0 fully saturated rings. The summed E-state index contributed by atoms with van der Waals surface area (Å²) >= 11 is 5.98. The summed E-state index contributed by atoms with van der Waals surface area (Å²) in [5, 5.41) is 3.22. The number of anilines is 1. The van der Waals surface area contributed by atoms with Crippen molar-refractivity contribution in [2.24, 2.45) is 0 Å². The lowest BCUT2D eigenvalue weighted by molar-refractivity contribution is 0.168. The maximum atomic E-state index is 11.2. The molecule has 0 saturated heterocycles. The molecule has 0 spiro atoms. The normalized spacial score (nSPS) is 9.69. The highest BCUT2D eigenvalue weighted by molar-refractivity contribution is 6.32. The summed E-state index contributed by atoms with van der Waals surface area (Å²) in [5.74, 6) is 0. The summed E-state index contributed by atoms with van der Waals surface area (Å²) in [4.78, 5) is 11.2. The molecule has 1 rings (SSSR count). The zero-order chi connectivity index (χ0) is 12.1. The van der Waals surface area contributed by atoms with Gasteiger partial charge >= 0.3 is 6.09 Å². The monoisotopic (exact) mass is 239 g/mol. The van der Waals surface area contributed by atoms with Gasteiger partial charge in [-0.1, -0.05) is 18.2 Å². The summed E-state index contributed by atoms with van der Waals surface area (Å²) in [5.41, 5.74) is 2.30. The van der Waals surface area contributed by atoms with Crippen molar-refractivity contribution in [1.82, 2.24) is 0 Å². The van der Waals surface area contributed by atoms with Gasteiger partial charge in [0.1, 0.15) is 0 Å². The Morgan fingerprint density at radius 2 is 2.25 bits per heavy atom. The molecule has 0 aliphatic rings. The molecule has 0 bridgehead atoms. The quantitative estimate of drug-likeness (QED) is 0.868. The summed E-state index contributed by atoms with van der Waals surface area (Å²) in [6, 6.07) is 5.19. The topological polar surface area (TPSA) is 38.3 Å². The Bertz CT molecular complexity index is 415. The van der Waals surface area contributed by atoms with Crippen LogP contribution in [0.2, 0.25) is 5.02 Å². The van der Waals surface area contributed by atoms with Gasteiger partial charge in [-0.15, -0.1) is 0 Å². The van der Waals surface area contributed by atoms with Gasteiger partial charge in [0.2, 0.25) is 0 Å². The van der Waals surface area contributed by atoms with Gasteiger partial charge in [-0.05, 0) is 43.2 Å². The van der Waals surface area contributed by atoms with Crippen LogP contribution in [-0.4, -0.2) is 12.7 Å². The number of nitrogens with one attached hydrogen (secondary N) is 1. The fraction of sp³-hybridized carbons (Fsp3) is 0.250. The van der Waals surface area contributed by atoms with Crippen molar-refractivity contribution in [3.05, 3.63) is 35.4 Å². The predicted octanol–water partition coefficient (Wildman–Crippen LogP) is 3.94. The molecular weight excluding hydrogens is 226 g/mol. The molecule has 1 aromatic rings. The first-order valence-corrected chi connectivity index (χ1v) is 5.31. The minimum absolute atomic E-state index is 0.340. The molecule has 3 nitrogen and oxygen atoms in total. The van der Waals surface area contributed by atoms with Crippen molar-refractivity contribution >= 4 is 29.0 Å². The second kappa shape index (κ2) is 5.56. The minimum Gasteiger partial charge on any atom is -0.450 e.